The van der Waals surface area contributed by atoms with Gasteiger partial charge in [-0.2, -0.15) is 0 Å². The van der Waals surface area contributed by atoms with Crippen LogP contribution in [0.4, 0.5) is 0 Å². The minimum Gasteiger partial charge on any atom is -0.384 e. The van der Waals surface area contributed by atoms with Crippen LogP contribution in [0.5, 0.6) is 0 Å². The van der Waals surface area contributed by atoms with E-state index in [2.05, 4.69) is 0 Å². The van der Waals surface area contributed by atoms with Crippen molar-refractivity contribution >= 4 is 11.3 Å². The molecule has 0 spiro atoms. The predicted molar refractivity (Wildman–Crippen MR) is 65.4 cm³/mol. The number of thiophene rings is 1. The molecule has 0 aliphatic carbocycles. The van der Waals surface area contributed by atoms with Gasteiger partial charge in [-0.15, -0.1) is 11.3 Å². The molecular formula is C12H19NO2S. The zero-order valence-corrected chi connectivity index (χ0v) is 10.4. The fourth-order valence-electron chi connectivity index (χ4n) is 2.47. The first-order valence-corrected chi connectivity index (χ1v) is 6.54. The Bertz CT molecular complexity index is 329. The van der Waals surface area contributed by atoms with E-state index in [9.17, 15) is 5.11 Å². The summed E-state index contributed by atoms with van der Waals surface area (Å²) in [6.07, 6.45) is 1.66. The molecule has 3 N–H and O–H groups in total. The third-order valence-electron chi connectivity index (χ3n) is 3.87. The van der Waals surface area contributed by atoms with Crippen LogP contribution in [-0.2, 0) is 10.3 Å². The van der Waals surface area contributed by atoms with Gasteiger partial charge in [0.1, 0.15) is 5.60 Å². The molecule has 90 valence electrons. The van der Waals surface area contributed by atoms with E-state index in [-0.39, 0.29) is 5.41 Å². The average Bonchev–Trinajstić information content (AvgIpc) is 2.84. The Morgan fingerprint density at radius 3 is 2.75 bits per heavy atom. The fourth-order valence-corrected chi connectivity index (χ4v) is 3.38. The van der Waals surface area contributed by atoms with Crippen molar-refractivity contribution in [3.8, 4) is 0 Å². The summed E-state index contributed by atoms with van der Waals surface area (Å²) in [6.45, 7) is 3.77. The van der Waals surface area contributed by atoms with Crippen LogP contribution in [0.25, 0.3) is 0 Å². The van der Waals surface area contributed by atoms with Crippen molar-refractivity contribution in [1.82, 2.24) is 0 Å². The SMILES string of the molecule is CC(O)(c1cccs1)C1(CN)CCOCC1. The van der Waals surface area contributed by atoms with Gasteiger partial charge in [-0.3, -0.25) is 0 Å². The largest absolute Gasteiger partial charge is 0.384 e. The molecule has 0 aromatic carbocycles. The molecule has 2 rings (SSSR count). The highest BCUT2D eigenvalue weighted by Crippen LogP contribution is 2.47. The topological polar surface area (TPSA) is 55.5 Å². The molecule has 0 saturated carbocycles. The predicted octanol–water partition coefficient (Wildman–Crippen LogP) is 1.71. The number of hydrogen-bond acceptors (Lipinski definition) is 4. The Morgan fingerprint density at radius 2 is 2.25 bits per heavy atom. The lowest BCUT2D eigenvalue weighted by molar-refractivity contribution is -0.121. The van der Waals surface area contributed by atoms with Crippen molar-refractivity contribution in [2.75, 3.05) is 19.8 Å². The molecule has 4 heteroatoms. The van der Waals surface area contributed by atoms with Crippen molar-refractivity contribution in [1.29, 1.82) is 0 Å². The van der Waals surface area contributed by atoms with Gasteiger partial charge in [0.05, 0.1) is 0 Å². The smallest absolute Gasteiger partial charge is 0.103 e. The van der Waals surface area contributed by atoms with Crippen LogP contribution < -0.4 is 5.73 Å². The van der Waals surface area contributed by atoms with Gasteiger partial charge >= 0.3 is 0 Å². The molecule has 1 aromatic heterocycles. The van der Waals surface area contributed by atoms with Gasteiger partial charge in [-0.05, 0) is 31.2 Å². The lowest BCUT2D eigenvalue weighted by atomic mass is 9.67. The van der Waals surface area contributed by atoms with Gasteiger partial charge in [-0.1, -0.05) is 6.07 Å². The maximum atomic E-state index is 10.8. The summed E-state index contributed by atoms with van der Waals surface area (Å²) >= 11 is 1.59. The second-order valence-corrected chi connectivity index (χ2v) is 5.59. The molecule has 3 nitrogen and oxygen atoms in total. The average molecular weight is 241 g/mol. The molecule has 1 saturated heterocycles. The summed E-state index contributed by atoms with van der Waals surface area (Å²) in [7, 11) is 0. The van der Waals surface area contributed by atoms with Gasteiger partial charge in [0.25, 0.3) is 0 Å². The van der Waals surface area contributed by atoms with Crippen LogP contribution in [0, 0.1) is 5.41 Å². The summed E-state index contributed by atoms with van der Waals surface area (Å²) in [4.78, 5) is 1.000. The van der Waals surface area contributed by atoms with Crippen LogP contribution in [0.3, 0.4) is 0 Å². The van der Waals surface area contributed by atoms with Crippen molar-refractivity contribution in [2.45, 2.75) is 25.4 Å². The van der Waals surface area contributed by atoms with E-state index >= 15 is 0 Å². The van der Waals surface area contributed by atoms with E-state index in [0.717, 1.165) is 17.7 Å². The Balaban J connectivity index is 2.32. The molecule has 0 amide bonds. The van der Waals surface area contributed by atoms with Crippen molar-refractivity contribution in [3.05, 3.63) is 22.4 Å². The van der Waals surface area contributed by atoms with Gasteiger partial charge in [0.15, 0.2) is 0 Å². The maximum Gasteiger partial charge on any atom is 0.103 e. The van der Waals surface area contributed by atoms with Crippen molar-refractivity contribution in [3.63, 3.8) is 0 Å². The van der Waals surface area contributed by atoms with E-state index in [1.807, 2.05) is 24.4 Å². The molecule has 16 heavy (non-hydrogen) atoms. The van der Waals surface area contributed by atoms with E-state index in [0.29, 0.717) is 19.8 Å². The van der Waals surface area contributed by atoms with Crippen LogP contribution in [0.1, 0.15) is 24.6 Å². The summed E-state index contributed by atoms with van der Waals surface area (Å²) < 4.78 is 5.38. The monoisotopic (exact) mass is 241 g/mol. The minimum absolute atomic E-state index is 0.240. The zero-order chi connectivity index (χ0) is 11.6. The third-order valence-corrected chi connectivity index (χ3v) is 4.95. The number of rotatable bonds is 3. The first kappa shape index (κ1) is 12.0. The molecule has 2 heterocycles. The van der Waals surface area contributed by atoms with E-state index in [1.165, 1.54) is 0 Å². The van der Waals surface area contributed by atoms with Crippen LogP contribution in [-0.4, -0.2) is 24.9 Å². The van der Waals surface area contributed by atoms with Crippen molar-refractivity contribution < 1.29 is 9.84 Å². The van der Waals surface area contributed by atoms with Crippen LogP contribution in [0.2, 0.25) is 0 Å². The fraction of sp³-hybridized carbons (Fsp3) is 0.667. The van der Waals surface area contributed by atoms with E-state index in [1.54, 1.807) is 11.3 Å². The second kappa shape index (κ2) is 4.45. The van der Waals surface area contributed by atoms with E-state index in [4.69, 9.17) is 10.5 Å². The summed E-state index contributed by atoms with van der Waals surface area (Å²) in [5.74, 6) is 0. The summed E-state index contributed by atoms with van der Waals surface area (Å²) in [5, 5.41) is 12.8. The standard InChI is InChI=1S/C12H19NO2S/c1-11(14,10-3-2-8-16-10)12(9-13)4-6-15-7-5-12/h2-3,8,14H,4-7,9,13H2,1H3. The Kier molecular flexibility index (Phi) is 3.35. The quantitative estimate of drug-likeness (QED) is 0.847. The molecule has 1 unspecified atom stereocenters. The number of hydrogen-bond donors (Lipinski definition) is 2. The number of ether oxygens (including phenoxy) is 1. The normalized spacial score (nSPS) is 23.9. The molecular weight excluding hydrogens is 222 g/mol. The highest BCUT2D eigenvalue weighted by atomic mass is 32.1. The molecule has 0 radical (unpaired) electrons. The second-order valence-electron chi connectivity index (χ2n) is 4.65. The summed E-state index contributed by atoms with van der Waals surface area (Å²) in [6, 6.07) is 3.95. The van der Waals surface area contributed by atoms with E-state index < -0.39 is 5.60 Å². The van der Waals surface area contributed by atoms with Gasteiger partial charge in [0.2, 0.25) is 0 Å². The number of nitrogens with two attached hydrogens (primary N) is 1. The minimum atomic E-state index is -0.848. The van der Waals surface area contributed by atoms with Crippen molar-refractivity contribution in [2.24, 2.45) is 11.1 Å². The molecule has 1 atom stereocenters. The molecule has 1 fully saturated rings. The Hall–Kier alpha value is -0.420. The molecule has 0 bridgehead atoms. The molecule has 1 aliphatic rings. The lowest BCUT2D eigenvalue weighted by Crippen LogP contribution is -2.51. The highest BCUT2D eigenvalue weighted by Gasteiger charge is 2.48. The third kappa shape index (κ3) is 1.80. The first-order chi connectivity index (χ1) is 7.62. The van der Waals surface area contributed by atoms with Gasteiger partial charge in [-0.25, -0.2) is 0 Å². The first-order valence-electron chi connectivity index (χ1n) is 5.67. The summed E-state index contributed by atoms with van der Waals surface area (Å²) in [5.41, 5.74) is 4.83. The molecule has 1 aromatic rings. The lowest BCUT2D eigenvalue weighted by Gasteiger charge is -2.46. The van der Waals surface area contributed by atoms with Gasteiger partial charge < -0.3 is 15.6 Å². The molecule has 1 aliphatic heterocycles. The number of aliphatic hydroxyl groups is 1. The Morgan fingerprint density at radius 1 is 1.56 bits per heavy atom. The van der Waals surface area contributed by atoms with Crippen LogP contribution in [0.15, 0.2) is 17.5 Å². The Labute approximate surface area is 100 Å². The zero-order valence-electron chi connectivity index (χ0n) is 9.61. The maximum absolute atomic E-state index is 10.8. The highest BCUT2D eigenvalue weighted by molar-refractivity contribution is 7.10. The van der Waals surface area contributed by atoms with Gasteiger partial charge in [0, 0.05) is 30.1 Å². The van der Waals surface area contributed by atoms with Crippen LogP contribution >= 0.6 is 11.3 Å².